The molecule has 0 aliphatic heterocycles. The van der Waals surface area contributed by atoms with Crippen molar-refractivity contribution in [3.8, 4) is 17.2 Å². The van der Waals surface area contributed by atoms with Crippen LogP contribution in [0.1, 0.15) is 23.6 Å². The van der Waals surface area contributed by atoms with E-state index in [0.29, 0.717) is 16.8 Å². The minimum Gasteiger partial charge on any atom is -0.384 e. The summed E-state index contributed by atoms with van der Waals surface area (Å²) in [6.45, 7) is 1.41. The van der Waals surface area contributed by atoms with E-state index >= 15 is 0 Å². The summed E-state index contributed by atoms with van der Waals surface area (Å²) in [4.78, 5) is 26.6. The molecule has 0 aliphatic carbocycles. The van der Waals surface area contributed by atoms with Crippen LogP contribution in [0.15, 0.2) is 72.8 Å². The number of likely N-dealkylation sites (N-methyl/N-ethyl adjacent to an activating group) is 1. The van der Waals surface area contributed by atoms with E-state index in [1.54, 1.807) is 43.4 Å². The maximum atomic E-state index is 13.1. The molecule has 7 nitrogen and oxygen atoms in total. The third kappa shape index (κ3) is 5.63. The van der Waals surface area contributed by atoms with E-state index in [2.05, 4.69) is 11.4 Å². The molecule has 0 aliphatic rings. The number of nitrogens with two attached hydrogens (primary N) is 1. The van der Waals surface area contributed by atoms with Crippen LogP contribution in [0.25, 0.3) is 11.1 Å². The van der Waals surface area contributed by atoms with Gasteiger partial charge in [0.2, 0.25) is 11.8 Å². The summed E-state index contributed by atoms with van der Waals surface area (Å²) >= 11 is 0. The highest BCUT2D eigenvalue weighted by Gasteiger charge is 2.26. The molecule has 33 heavy (non-hydrogen) atoms. The lowest BCUT2D eigenvalue weighted by Crippen LogP contribution is -2.45. The molecular formula is C26H25N5O2. The van der Waals surface area contributed by atoms with Crippen LogP contribution in [0.4, 0.5) is 5.69 Å². The number of hydrogen-bond donors (Lipinski definition) is 3. The van der Waals surface area contributed by atoms with Crippen molar-refractivity contribution < 1.29 is 9.59 Å². The maximum absolute atomic E-state index is 13.1. The third-order valence-electron chi connectivity index (χ3n) is 5.44. The summed E-state index contributed by atoms with van der Waals surface area (Å²) in [6, 6.07) is 23.0. The van der Waals surface area contributed by atoms with Gasteiger partial charge in [-0.2, -0.15) is 5.26 Å². The summed E-state index contributed by atoms with van der Waals surface area (Å²) in [7, 11) is 1.59. The first-order valence-electron chi connectivity index (χ1n) is 10.4. The van der Waals surface area contributed by atoms with E-state index in [4.69, 9.17) is 11.1 Å². The van der Waals surface area contributed by atoms with Crippen LogP contribution in [-0.4, -0.2) is 35.6 Å². The summed E-state index contributed by atoms with van der Waals surface area (Å²) in [5, 5.41) is 19.8. The van der Waals surface area contributed by atoms with Crippen molar-refractivity contribution in [2.24, 2.45) is 5.73 Å². The molecule has 2 amide bonds. The first kappa shape index (κ1) is 23.2. The van der Waals surface area contributed by atoms with Crippen molar-refractivity contribution in [3.63, 3.8) is 0 Å². The Kier molecular flexibility index (Phi) is 7.21. The first-order valence-corrected chi connectivity index (χ1v) is 10.4. The fourth-order valence-corrected chi connectivity index (χ4v) is 3.51. The van der Waals surface area contributed by atoms with E-state index in [-0.39, 0.29) is 24.1 Å². The second kappa shape index (κ2) is 10.2. The lowest BCUT2D eigenvalue weighted by Gasteiger charge is -2.26. The Morgan fingerprint density at radius 3 is 2.42 bits per heavy atom. The van der Waals surface area contributed by atoms with Gasteiger partial charge in [0.1, 0.15) is 11.9 Å². The lowest BCUT2D eigenvalue weighted by atomic mass is 10.00. The number of nitriles is 1. The number of rotatable bonds is 7. The Balaban J connectivity index is 1.81. The summed E-state index contributed by atoms with van der Waals surface area (Å²) < 4.78 is 0. The van der Waals surface area contributed by atoms with Crippen LogP contribution in [0, 0.1) is 16.7 Å². The molecule has 0 bridgehead atoms. The van der Waals surface area contributed by atoms with Gasteiger partial charge in [0, 0.05) is 31.6 Å². The molecule has 0 saturated carbocycles. The molecule has 1 atom stereocenters. The number of carbonyl (C=O) groups is 2. The Morgan fingerprint density at radius 2 is 1.79 bits per heavy atom. The van der Waals surface area contributed by atoms with Crippen molar-refractivity contribution in [2.75, 3.05) is 12.4 Å². The number of amides is 2. The average molecular weight is 440 g/mol. The maximum Gasteiger partial charge on any atom is 0.247 e. The van der Waals surface area contributed by atoms with Crippen molar-refractivity contribution >= 4 is 23.3 Å². The number of nitrogen functional groups attached to an aromatic ring is 1. The molecule has 0 spiro atoms. The fourth-order valence-electron chi connectivity index (χ4n) is 3.51. The molecule has 0 aromatic heterocycles. The van der Waals surface area contributed by atoms with Gasteiger partial charge in [-0.15, -0.1) is 0 Å². The van der Waals surface area contributed by atoms with Gasteiger partial charge in [-0.05, 0) is 41.0 Å². The molecule has 3 aromatic rings. The molecule has 7 heteroatoms. The molecule has 0 unspecified atom stereocenters. The van der Waals surface area contributed by atoms with Gasteiger partial charge in [-0.25, -0.2) is 0 Å². The van der Waals surface area contributed by atoms with Crippen LogP contribution in [0.5, 0.6) is 0 Å². The van der Waals surface area contributed by atoms with Crippen molar-refractivity contribution in [1.29, 1.82) is 10.7 Å². The number of anilines is 1. The minimum absolute atomic E-state index is 0.0594. The minimum atomic E-state index is -0.747. The molecule has 3 aromatic carbocycles. The predicted octanol–water partition coefficient (Wildman–Crippen LogP) is 3.54. The van der Waals surface area contributed by atoms with Gasteiger partial charge < -0.3 is 16.0 Å². The van der Waals surface area contributed by atoms with E-state index in [0.717, 1.165) is 16.7 Å². The smallest absolute Gasteiger partial charge is 0.247 e. The lowest BCUT2D eigenvalue weighted by molar-refractivity contribution is -0.135. The standard InChI is InChI=1S/C26H25N5O2/c1-17(32)31(2)24(15-18-6-5-8-20(14-18)25(28)29)26(33)30-22-12-10-19(11-13-22)23-9-4-3-7-21(23)16-27/h3-14,24H,15H2,1-2H3,(H3,28,29)(H,30,33)/t24-/m0/s1. The van der Waals surface area contributed by atoms with E-state index < -0.39 is 6.04 Å². The second-order valence-electron chi connectivity index (χ2n) is 7.69. The Morgan fingerprint density at radius 1 is 1.09 bits per heavy atom. The van der Waals surface area contributed by atoms with Gasteiger partial charge in [0.15, 0.2) is 0 Å². The first-order chi connectivity index (χ1) is 15.8. The molecule has 0 fully saturated rings. The van der Waals surface area contributed by atoms with Crippen LogP contribution in [-0.2, 0) is 16.0 Å². The number of carbonyl (C=O) groups excluding carboxylic acids is 2. The van der Waals surface area contributed by atoms with Gasteiger partial charge in [0.05, 0.1) is 11.6 Å². The van der Waals surface area contributed by atoms with Gasteiger partial charge >= 0.3 is 0 Å². The van der Waals surface area contributed by atoms with Crippen LogP contribution in [0.3, 0.4) is 0 Å². The summed E-state index contributed by atoms with van der Waals surface area (Å²) in [6.07, 6.45) is 0.274. The summed E-state index contributed by atoms with van der Waals surface area (Å²) in [5.74, 6) is -0.622. The number of amidine groups is 1. The largest absolute Gasteiger partial charge is 0.384 e. The van der Waals surface area contributed by atoms with Crippen molar-refractivity contribution in [1.82, 2.24) is 4.90 Å². The number of nitrogens with zero attached hydrogens (tertiary/aromatic N) is 2. The monoisotopic (exact) mass is 439 g/mol. The molecule has 0 radical (unpaired) electrons. The molecule has 0 saturated heterocycles. The quantitative estimate of drug-likeness (QED) is 0.385. The highest BCUT2D eigenvalue weighted by atomic mass is 16.2. The molecule has 166 valence electrons. The Bertz CT molecular complexity index is 1230. The van der Waals surface area contributed by atoms with E-state index in [9.17, 15) is 14.9 Å². The highest BCUT2D eigenvalue weighted by molar-refractivity contribution is 5.98. The zero-order valence-electron chi connectivity index (χ0n) is 18.5. The van der Waals surface area contributed by atoms with E-state index in [1.165, 1.54) is 11.8 Å². The van der Waals surface area contributed by atoms with Crippen LogP contribution in [0.2, 0.25) is 0 Å². The number of benzene rings is 3. The van der Waals surface area contributed by atoms with Gasteiger partial charge in [-0.1, -0.05) is 48.5 Å². The summed E-state index contributed by atoms with van der Waals surface area (Å²) in [5.41, 5.74) is 9.77. The van der Waals surface area contributed by atoms with Gasteiger partial charge in [0.25, 0.3) is 0 Å². The van der Waals surface area contributed by atoms with Crippen molar-refractivity contribution in [2.45, 2.75) is 19.4 Å². The zero-order valence-corrected chi connectivity index (χ0v) is 18.5. The van der Waals surface area contributed by atoms with Crippen LogP contribution < -0.4 is 11.1 Å². The number of nitrogens with one attached hydrogen (secondary N) is 2. The fraction of sp³-hybridized carbons (Fsp3) is 0.154. The SMILES string of the molecule is CC(=O)N(C)[C@@H](Cc1cccc(C(=N)N)c1)C(=O)Nc1ccc(-c2ccccc2C#N)cc1. The Hall–Kier alpha value is -4.44. The molecule has 3 rings (SSSR count). The van der Waals surface area contributed by atoms with E-state index in [1.807, 2.05) is 36.4 Å². The average Bonchev–Trinajstić information content (AvgIpc) is 2.82. The predicted molar refractivity (Wildman–Crippen MR) is 129 cm³/mol. The normalized spacial score (nSPS) is 11.2. The second-order valence-corrected chi connectivity index (χ2v) is 7.69. The molecule has 4 N–H and O–H groups in total. The zero-order chi connectivity index (χ0) is 24.0. The van der Waals surface area contributed by atoms with Crippen molar-refractivity contribution in [3.05, 3.63) is 89.5 Å². The topological polar surface area (TPSA) is 123 Å². The highest BCUT2D eigenvalue weighted by Crippen LogP contribution is 2.25. The Labute approximate surface area is 193 Å². The number of hydrogen-bond acceptors (Lipinski definition) is 4. The van der Waals surface area contributed by atoms with Gasteiger partial charge in [-0.3, -0.25) is 15.0 Å². The van der Waals surface area contributed by atoms with Crippen LogP contribution >= 0.6 is 0 Å². The molecular weight excluding hydrogens is 414 g/mol. The third-order valence-corrected chi connectivity index (χ3v) is 5.44. The molecule has 0 heterocycles.